The van der Waals surface area contributed by atoms with Crippen molar-refractivity contribution in [1.82, 2.24) is 5.32 Å². The molecule has 0 atom stereocenters. The van der Waals surface area contributed by atoms with E-state index in [1.807, 2.05) is 29.2 Å². The van der Waals surface area contributed by atoms with Crippen molar-refractivity contribution >= 4 is 22.5 Å². The molecule has 0 aliphatic carbocycles. The fourth-order valence-corrected chi connectivity index (χ4v) is 3.62. The van der Waals surface area contributed by atoms with Gasteiger partial charge < -0.3 is 5.32 Å². The first-order valence-corrected chi connectivity index (χ1v) is 8.93. The number of amides is 2. The molecule has 0 aromatic heterocycles. The highest BCUT2D eigenvalue weighted by molar-refractivity contribution is 5.93. The number of rotatable bonds is 2. The minimum Gasteiger partial charge on any atom is -0.334 e. The summed E-state index contributed by atoms with van der Waals surface area (Å²) in [5, 5.41) is 5.52. The van der Waals surface area contributed by atoms with Gasteiger partial charge in [-0.15, -0.1) is 0 Å². The molecule has 3 aromatic rings. The number of nitrogens with zero attached hydrogens (tertiary/aromatic N) is 1. The third kappa shape index (κ3) is 3.22. The Morgan fingerprint density at radius 3 is 2.68 bits per heavy atom. The lowest BCUT2D eigenvalue weighted by molar-refractivity contribution is 0.246. The Bertz CT molecular complexity index is 898. The second kappa shape index (κ2) is 6.98. The molecule has 1 aliphatic heterocycles. The molecule has 2 amide bonds. The number of para-hydroxylation sites is 1. The Kier molecular flexibility index (Phi) is 4.38. The summed E-state index contributed by atoms with van der Waals surface area (Å²) in [6, 6.07) is 22.8. The van der Waals surface area contributed by atoms with Crippen LogP contribution in [0.4, 0.5) is 10.5 Å². The molecule has 3 nitrogen and oxygen atoms in total. The summed E-state index contributed by atoms with van der Waals surface area (Å²) in [5.41, 5.74) is 3.46. The second-order valence-electron chi connectivity index (χ2n) is 6.53. The molecule has 3 heteroatoms. The van der Waals surface area contributed by atoms with Crippen LogP contribution in [0, 0.1) is 0 Å². The summed E-state index contributed by atoms with van der Waals surface area (Å²) < 4.78 is 0. The number of fused-ring (bicyclic) bond motifs is 2. The Balaban J connectivity index is 1.54. The first-order valence-electron chi connectivity index (χ1n) is 8.93. The van der Waals surface area contributed by atoms with Crippen molar-refractivity contribution in [2.75, 3.05) is 11.4 Å². The molecule has 0 saturated heterocycles. The summed E-state index contributed by atoms with van der Waals surface area (Å²) in [5.74, 6) is 0. The van der Waals surface area contributed by atoms with Gasteiger partial charge in [0.15, 0.2) is 0 Å². The third-order valence-electron chi connectivity index (χ3n) is 4.92. The number of hydrogen-bond donors (Lipinski definition) is 1. The normalized spacial score (nSPS) is 14.0. The Hall–Kier alpha value is -2.81. The molecule has 0 unspecified atom stereocenters. The van der Waals surface area contributed by atoms with Crippen LogP contribution in [0.3, 0.4) is 0 Å². The van der Waals surface area contributed by atoms with Crippen LogP contribution in [0.15, 0.2) is 66.7 Å². The zero-order valence-electron chi connectivity index (χ0n) is 14.2. The van der Waals surface area contributed by atoms with Crippen molar-refractivity contribution in [2.45, 2.75) is 25.8 Å². The molecule has 0 bridgehead atoms. The van der Waals surface area contributed by atoms with Crippen LogP contribution in [-0.2, 0) is 13.0 Å². The van der Waals surface area contributed by atoms with Crippen molar-refractivity contribution in [1.29, 1.82) is 0 Å². The lowest BCUT2D eigenvalue weighted by Crippen LogP contribution is -2.40. The van der Waals surface area contributed by atoms with E-state index in [4.69, 9.17) is 0 Å². The number of carbonyl (C=O) groups excluding carboxylic acids is 1. The van der Waals surface area contributed by atoms with Gasteiger partial charge in [-0.1, -0.05) is 60.7 Å². The van der Waals surface area contributed by atoms with Crippen molar-refractivity contribution in [3.63, 3.8) is 0 Å². The van der Waals surface area contributed by atoms with Crippen LogP contribution in [0.5, 0.6) is 0 Å². The van der Waals surface area contributed by atoms with E-state index < -0.39 is 0 Å². The lowest BCUT2D eigenvalue weighted by Gasteiger charge is -2.23. The van der Waals surface area contributed by atoms with Crippen molar-refractivity contribution < 1.29 is 4.79 Å². The summed E-state index contributed by atoms with van der Waals surface area (Å²) in [7, 11) is 0. The maximum atomic E-state index is 12.8. The van der Waals surface area contributed by atoms with Crippen LogP contribution >= 0.6 is 0 Å². The highest BCUT2D eigenvalue weighted by Gasteiger charge is 2.20. The van der Waals surface area contributed by atoms with Gasteiger partial charge in [-0.25, -0.2) is 4.79 Å². The molecule has 0 spiro atoms. The van der Waals surface area contributed by atoms with Crippen LogP contribution in [-0.4, -0.2) is 12.6 Å². The van der Waals surface area contributed by atoms with E-state index >= 15 is 0 Å². The smallest absolute Gasteiger partial charge is 0.322 e. The zero-order chi connectivity index (χ0) is 17.1. The number of carbonyl (C=O) groups is 1. The van der Waals surface area contributed by atoms with Gasteiger partial charge in [0, 0.05) is 18.8 Å². The number of hydrogen-bond acceptors (Lipinski definition) is 1. The number of aryl methyl sites for hydroxylation is 1. The van der Waals surface area contributed by atoms with Gasteiger partial charge in [0.2, 0.25) is 0 Å². The highest BCUT2D eigenvalue weighted by Crippen LogP contribution is 2.26. The largest absolute Gasteiger partial charge is 0.334 e. The van der Waals surface area contributed by atoms with Crippen LogP contribution < -0.4 is 10.2 Å². The van der Waals surface area contributed by atoms with E-state index in [-0.39, 0.29) is 6.03 Å². The van der Waals surface area contributed by atoms with Crippen molar-refractivity contribution in [2.24, 2.45) is 0 Å². The molecule has 3 aromatic carbocycles. The van der Waals surface area contributed by atoms with Crippen LogP contribution in [0.2, 0.25) is 0 Å². The number of nitrogens with one attached hydrogen (secondary N) is 1. The van der Waals surface area contributed by atoms with Crippen LogP contribution in [0.25, 0.3) is 10.8 Å². The van der Waals surface area contributed by atoms with Crippen molar-refractivity contribution in [3.05, 3.63) is 77.9 Å². The van der Waals surface area contributed by atoms with Gasteiger partial charge >= 0.3 is 6.03 Å². The van der Waals surface area contributed by atoms with Gasteiger partial charge in [-0.2, -0.15) is 0 Å². The Labute approximate surface area is 148 Å². The van der Waals surface area contributed by atoms with Gasteiger partial charge in [0.05, 0.1) is 0 Å². The maximum absolute atomic E-state index is 12.8. The molecule has 1 heterocycles. The van der Waals surface area contributed by atoms with Gasteiger partial charge in [-0.05, 0) is 47.2 Å². The predicted molar refractivity (Wildman–Crippen MR) is 103 cm³/mol. The standard InChI is InChI=1S/C22H22N2O/c25-22(24-15-6-5-10-18-9-2-4-14-21(18)24)23-16-19-12-7-11-17-8-1-3-13-20(17)19/h1-4,7-9,11-14H,5-6,10,15-16H2,(H,23,25). The molecule has 0 fully saturated rings. The van der Waals surface area contributed by atoms with E-state index in [1.165, 1.54) is 16.3 Å². The Morgan fingerprint density at radius 1 is 0.920 bits per heavy atom. The van der Waals surface area contributed by atoms with Crippen molar-refractivity contribution in [3.8, 4) is 0 Å². The third-order valence-corrected chi connectivity index (χ3v) is 4.92. The maximum Gasteiger partial charge on any atom is 0.322 e. The van der Waals surface area contributed by atoms with Gasteiger partial charge in [-0.3, -0.25) is 4.90 Å². The topological polar surface area (TPSA) is 32.3 Å². The van der Waals surface area contributed by atoms with E-state index in [0.29, 0.717) is 6.54 Å². The highest BCUT2D eigenvalue weighted by atomic mass is 16.2. The van der Waals surface area contributed by atoms with E-state index in [1.54, 1.807) is 0 Å². The molecular formula is C22H22N2O. The number of benzene rings is 3. The van der Waals surface area contributed by atoms with Gasteiger partial charge in [0.1, 0.15) is 0 Å². The van der Waals surface area contributed by atoms with Gasteiger partial charge in [0.25, 0.3) is 0 Å². The minimum atomic E-state index is -0.0118. The predicted octanol–water partition coefficient (Wildman–Crippen LogP) is 4.89. The average Bonchev–Trinajstić information content (AvgIpc) is 2.88. The Morgan fingerprint density at radius 2 is 1.72 bits per heavy atom. The zero-order valence-corrected chi connectivity index (χ0v) is 14.2. The molecule has 4 rings (SSSR count). The quantitative estimate of drug-likeness (QED) is 0.713. The second-order valence-corrected chi connectivity index (χ2v) is 6.53. The van der Waals surface area contributed by atoms with E-state index in [9.17, 15) is 4.79 Å². The van der Waals surface area contributed by atoms with Crippen LogP contribution in [0.1, 0.15) is 24.0 Å². The summed E-state index contributed by atoms with van der Waals surface area (Å²) >= 11 is 0. The molecule has 126 valence electrons. The SMILES string of the molecule is O=C(NCc1cccc2ccccc12)N1CCCCc2ccccc21. The summed E-state index contributed by atoms with van der Waals surface area (Å²) in [4.78, 5) is 14.7. The molecule has 1 N–H and O–H groups in total. The average molecular weight is 330 g/mol. The molecule has 25 heavy (non-hydrogen) atoms. The van der Waals surface area contributed by atoms with E-state index in [0.717, 1.165) is 37.1 Å². The van der Waals surface area contributed by atoms with E-state index in [2.05, 4.69) is 47.8 Å². The number of anilines is 1. The fraction of sp³-hybridized carbons (Fsp3) is 0.227. The first kappa shape index (κ1) is 15.7. The molecule has 1 aliphatic rings. The molecule has 0 radical (unpaired) electrons. The number of urea groups is 1. The first-order chi connectivity index (χ1) is 12.3. The lowest BCUT2D eigenvalue weighted by atomic mass is 10.0. The molecule has 0 saturated carbocycles. The molecular weight excluding hydrogens is 308 g/mol. The summed E-state index contributed by atoms with van der Waals surface area (Å²) in [6.07, 6.45) is 3.21. The monoisotopic (exact) mass is 330 g/mol. The fourth-order valence-electron chi connectivity index (χ4n) is 3.62. The summed E-state index contributed by atoms with van der Waals surface area (Å²) in [6.45, 7) is 1.32. The minimum absolute atomic E-state index is 0.0118.